The molecule has 1 heterocycles. The number of likely N-dealkylation sites (tertiary alicyclic amines) is 1. The second-order valence-corrected chi connectivity index (χ2v) is 5.25. The van der Waals surface area contributed by atoms with Gasteiger partial charge in [-0.25, -0.2) is 8.78 Å². The van der Waals surface area contributed by atoms with E-state index < -0.39 is 17.5 Å². The van der Waals surface area contributed by atoms with Crippen LogP contribution < -0.4 is 11.1 Å². The number of benzene rings is 1. The Morgan fingerprint density at radius 1 is 1.45 bits per heavy atom. The Morgan fingerprint density at radius 2 is 2.10 bits per heavy atom. The van der Waals surface area contributed by atoms with Crippen molar-refractivity contribution >= 4 is 11.6 Å². The smallest absolute Gasteiger partial charge is 0.238 e. The van der Waals surface area contributed by atoms with E-state index in [4.69, 9.17) is 5.73 Å². The lowest BCUT2D eigenvalue weighted by Crippen LogP contribution is -2.48. The second kappa shape index (κ2) is 6.28. The molecule has 2 unspecified atom stereocenters. The fourth-order valence-corrected chi connectivity index (χ4v) is 2.47. The van der Waals surface area contributed by atoms with Crippen molar-refractivity contribution in [1.29, 1.82) is 0 Å². The number of nitrogens with zero attached hydrogens (tertiary/aromatic N) is 1. The standard InChI is InChI=1S/C14H19F2N3O/c1-9-7-10(17)5-6-19(9)8-13(20)18-14-11(15)3-2-4-12(14)16/h2-4,9-10H,5-8,17H2,1H3,(H,18,20). The molecule has 0 bridgehead atoms. The van der Waals surface area contributed by atoms with Gasteiger partial charge in [-0.2, -0.15) is 0 Å². The van der Waals surface area contributed by atoms with E-state index in [2.05, 4.69) is 5.32 Å². The number of carbonyl (C=O) groups excluding carboxylic acids is 1. The summed E-state index contributed by atoms with van der Waals surface area (Å²) < 4.78 is 26.9. The van der Waals surface area contributed by atoms with E-state index in [9.17, 15) is 13.6 Å². The summed E-state index contributed by atoms with van der Waals surface area (Å²) in [7, 11) is 0. The molecular weight excluding hydrogens is 264 g/mol. The van der Waals surface area contributed by atoms with Crippen molar-refractivity contribution in [3.63, 3.8) is 0 Å². The summed E-state index contributed by atoms with van der Waals surface area (Å²) in [5.41, 5.74) is 5.47. The molecule has 2 rings (SSSR count). The van der Waals surface area contributed by atoms with Crippen molar-refractivity contribution in [3.8, 4) is 0 Å². The molecular formula is C14H19F2N3O. The molecule has 1 aliphatic rings. The Morgan fingerprint density at radius 3 is 2.70 bits per heavy atom. The first kappa shape index (κ1) is 14.9. The second-order valence-electron chi connectivity index (χ2n) is 5.25. The molecule has 0 radical (unpaired) electrons. The van der Waals surface area contributed by atoms with Crippen LogP contribution in [0.5, 0.6) is 0 Å². The first-order valence-electron chi connectivity index (χ1n) is 6.71. The molecule has 0 aromatic heterocycles. The largest absolute Gasteiger partial charge is 0.328 e. The van der Waals surface area contributed by atoms with Crippen LogP contribution in [0.15, 0.2) is 18.2 Å². The molecule has 0 spiro atoms. The van der Waals surface area contributed by atoms with Crippen LogP contribution >= 0.6 is 0 Å². The van der Waals surface area contributed by atoms with Gasteiger partial charge in [0.25, 0.3) is 0 Å². The normalized spacial score (nSPS) is 23.6. The average Bonchev–Trinajstić information content (AvgIpc) is 2.37. The van der Waals surface area contributed by atoms with Crippen molar-refractivity contribution in [2.45, 2.75) is 31.8 Å². The molecule has 1 aromatic carbocycles. The van der Waals surface area contributed by atoms with Gasteiger partial charge in [0.2, 0.25) is 5.91 Å². The number of hydrogen-bond acceptors (Lipinski definition) is 3. The van der Waals surface area contributed by atoms with E-state index in [0.29, 0.717) is 0 Å². The summed E-state index contributed by atoms with van der Waals surface area (Å²) in [4.78, 5) is 13.9. The van der Waals surface area contributed by atoms with Crippen molar-refractivity contribution in [2.75, 3.05) is 18.4 Å². The molecule has 0 aliphatic carbocycles. The molecule has 110 valence electrons. The zero-order valence-corrected chi connectivity index (χ0v) is 11.4. The zero-order chi connectivity index (χ0) is 14.7. The van der Waals surface area contributed by atoms with E-state index in [1.165, 1.54) is 6.07 Å². The van der Waals surface area contributed by atoms with Gasteiger partial charge in [0.05, 0.1) is 6.54 Å². The maximum Gasteiger partial charge on any atom is 0.238 e. The van der Waals surface area contributed by atoms with Crippen LogP contribution in [-0.4, -0.2) is 36.0 Å². The van der Waals surface area contributed by atoms with Crippen molar-refractivity contribution < 1.29 is 13.6 Å². The highest BCUT2D eigenvalue weighted by atomic mass is 19.1. The molecule has 20 heavy (non-hydrogen) atoms. The summed E-state index contributed by atoms with van der Waals surface area (Å²) in [6.07, 6.45) is 1.65. The number of rotatable bonds is 3. The fourth-order valence-electron chi connectivity index (χ4n) is 2.47. The van der Waals surface area contributed by atoms with Crippen LogP contribution in [0.4, 0.5) is 14.5 Å². The Bertz CT molecular complexity index is 475. The highest BCUT2D eigenvalue weighted by Crippen LogP contribution is 2.19. The molecule has 3 N–H and O–H groups in total. The van der Waals surface area contributed by atoms with Crippen LogP contribution in [-0.2, 0) is 4.79 Å². The van der Waals surface area contributed by atoms with E-state index in [1.807, 2.05) is 11.8 Å². The van der Waals surface area contributed by atoms with E-state index in [-0.39, 0.29) is 24.3 Å². The van der Waals surface area contributed by atoms with E-state index >= 15 is 0 Å². The molecule has 1 aliphatic heterocycles. The van der Waals surface area contributed by atoms with Crippen LogP contribution in [0.3, 0.4) is 0 Å². The minimum atomic E-state index is -0.771. The van der Waals surface area contributed by atoms with Gasteiger partial charge in [-0.3, -0.25) is 9.69 Å². The average molecular weight is 283 g/mol. The molecule has 1 amide bonds. The summed E-state index contributed by atoms with van der Waals surface area (Å²) in [5.74, 6) is -1.96. The molecule has 0 saturated carbocycles. The van der Waals surface area contributed by atoms with E-state index in [0.717, 1.165) is 31.5 Å². The van der Waals surface area contributed by atoms with Gasteiger partial charge in [-0.15, -0.1) is 0 Å². The molecule has 1 aromatic rings. The van der Waals surface area contributed by atoms with Crippen molar-refractivity contribution in [2.24, 2.45) is 5.73 Å². The van der Waals surface area contributed by atoms with Crippen LogP contribution in [0.1, 0.15) is 19.8 Å². The number of carbonyl (C=O) groups is 1. The Hall–Kier alpha value is -1.53. The van der Waals surface area contributed by atoms with Crippen LogP contribution in [0.2, 0.25) is 0 Å². The maximum absolute atomic E-state index is 13.4. The number of hydrogen-bond donors (Lipinski definition) is 2. The molecule has 1 fully saturated rings. The highest BCUT2D eigenvalue weighted by molar-refractivity contribution is 5.92. The van der Waals surface area contributed by atoms with Crippen molar-refractivity contribution in [3.05, 3.63) is 29.8 Å². The van der Waals surface area contributed by atoms with Crippen molar-refractivity contribution in [1.82, 2.24) is 4.90 Å². The molecule has 1 saturated heterocycles. The zero-order valence-electron chi connectivity index (χ0n) is 11.4. The van der Waals surface area contributed by atoms with Gasteiger partial charge >= 0.3 is 0 Å². The monoisotopic (exact) mass is 283 g/mol. The van der Waals surface area contributed by atoms with Gasteiger partial charge < -0.3 is 11.1 Å². The molecule has 2 atom stereocenters. The first-order valence-corrected chi connectivity index (χ1v) is 6.71. The predicted octanol–water partition coefficient (Wildman–Crippen LogP) is 1.71. The summed E-state index contributed by atoms with van der Waals surface area (Å²) in [6, 6.07) is 3.83. The SMILES string of the molecule is CC1CC(N)CCN1CC(=O)Nc1c(F)cccc1F. The lowest BCUT2D eigenvalue weighted by molar-refractivity contribution is -0.118. The molecule has 4 nitrogen and oxygen atoms in total. The van der Waals surface area contributed by atoms with Gasteiger partial charge in [0, 0.05) is 18.6 Å². The number of anilines is 1. The highest BCUT2D eigenvalue weighted by Gasteiger charge is 2.25. The molecule has 6 heteroatoms. The summed E-state index contributed by atoms with van der Waals surface area (Å²) in [6.45, 7) is 2.83. The van der Waals surface area contributed by atoms with Gasteiger partial charge in [-0.05, 0) is 31.9 Å². The Kier molecular flexibility index (Phi) is 4.67. The number of nitrogens with two attached hydrogens (primary N) is 1. The van der Waals surface area contributed by atoms with Gasteiger partial charge in [-0.1, -0.05) is 6.07 Å². The van der Waals surface area contributed by atoms with Crippen LogP contribution in [0, 0.1) is 11.6 Å². The first-order chi connectivity index (χ1) is 9.47. The third kappa shape index (κ3) is 3.52. The van der Waals surface area contributed by atoms with E-state index in [1.54, 1.807) is 0 Å². The number of piperidine rings is 1. The van der Waals surface area contributed by atoms with Gasteiger partial charge in [0.15, 0.2) is 0 Å². The number of para-hydroxylation sites is 1. The summed E-state index contributed by atoms with van der Waals surface area (Å²) in [5, 5.41) is 2.30. The predicted molar refractivity (Wildman–Crippen MR) is 73.2 cm³/mol. The summed E-state index contributed by atoms with van der Waals surface area (Å²) >= 11 is 0. The fraction of sp³-hybridized carbons (Fsp3) is 0.500. The number of halogens is 2. The quantitative estimate of drug-likeness (QED) is 0.888. The van der Waals surface area contributed by atoms with Crippen LogP contribution in [0.25, 0.3) is 0 Å². The lowest BCUT2D eigenvalue weighted by atomic mass is 9.99. The van der Waals surface area contributed by atoms with Gasteiger partial charge in [0.1, 0.15) is 17.3 Å². The lowest BCUT2D eigenvalue weighted by Gasteiger charge is -2.35. The Balaban J connectivity index is 1.96. The topological polar surface area (TPSA) is 58.4 Å². The third-order valence-electron chi connectivity index (χ3n) is 3.63. The third-order valence-corrected chi connectivity index (χ3v) is 3.63. The minimum Gasteiger partial charge on any atom is -0.328 e. The number of amides is 1. The maximum atomic E-state index is 13.4. The Labute approximate surface area is 116 Å². The minimum absolute atomic E-state index is 0.113. The number of nitrogens with one attached hydrogen (secondary N) is 1.